The van der Waals surface area contributed by atoms with E-state index >= 15 is 0 Å². The third kappa shape index (κ3) is 3.32. The highest BCUT2D eigenvalue weighted by Crippen LogP contribution is 2.38. The number of anilines is 2. The zero-order valence-electron chi connectivity index (χ0n) is 15.2. The minimum absolute atomic E-state index is 0.0287. The molecule has 0 amide bonds. The normalized spacial score (nSPS) is 13.0. The summed E-state index contributed by atoms with van der Waals surface area (Å²) in [6.45, 7) is 0.557. The Morgan fingerprint density at radius 3 is 2.04 bits per heavy atom. The van der Waals surface area contributed by atoms with Gasteiger partial charge in [0.1, 0.15) is 18.5 Å². The molecule has 0 unspecified atom stereocenters. The fraction of sp³-hybridized carbons (Fsp3) is 0.0833. The van der Waals surface area contributed by atoms with Crippen molar-refractivity contribution in [2.24, 2.45) is 0 Å². The summed E-state index contributed by atoms with van der Waals surface area (Å²) in [7, 11) is 0. The third-order valence-electron chi connectivity index (χ3n) is 5.04. The van der Waals surface area contributed by atoms with Gasteiger partial charge in [-0.25, -0.2) is 0 Å². The molecule has 0 radical (unpaired) electrons. The smallest absolute Gasteiger partial charge is 0.123 e. The van der Waals surface area contributed by atoms with Crippen LogP contribution in [0.1, 0.15) is 17.3 Å². The first-order valence-corrected chi connectivity index (χ1v) is 10.1. The van der Waals surface area contributed by atoms with E-state index in [1.807, 2.05) is 24.3 Å². The first-order valence-electron chi connectivity index (χ1n) is 9.28. The third-order valence-corrected chi connectivity index (χ3v) is 5.57. The van der Waals surface area contributed by atoms with Crippen LogP contribution in [0.4, 0.5) is 11.4 Å². The van der Waals surface area contributed by atoms with Gasteiger partial charge in [0.2, 0.25) is 0 Å². The molecule has 0 saturated heterocycles. The van der Waals surface area contributed by atoms with Crippen LogP contribution >= 0.6 is 15.9 Å². The van der Waals surface area contributed by atoms with Gasteiger partial charge in [-0.2, -0.15) is 0 Å². The maximum absolute atomic E-state index is 5.92. The van der Waals surface area contributed by atoms with Gasteiger partial charge in [0.05, 0.1) is 0 Å². The molecule has 0 aliphatic carbocycles. The Labute approximate surface area is 172 Å². The molecule has 138 valence electrons. The first-order chi connectivity index (χ1) is 13.8. The Hall–Kier alpha value is -2.98. The van der Waals surface area contributed by atoms with Gasteiger partial charge < -0.3 is 15.4 Å². The predicted octanol–water partition coefficient (Wildman–Crippen LogP) is 6.72. The van der Waals surface area contributed by atoms with E-state index < -0.39 is 0 Å². The maximum atomic E-state index is 5.92. The number of hydrogen-bond donors (Lipinski definition) is 2. The zero-order chi connectivity index (χ0) is 18.9. The van der Waals surface area contributed by atoms with Gasteiger partial charge in [-0.1, -0.05) is 64.5 Å². The SMILES string of the molecule is Brc1ccc(COc2ccc(C3Nc4cccc5cccc(c45)N3)cc2)cc1. The molecule has 0 atom stereocenters. The van der Waals surface area contributed by atoms with Crippen LogP contribution in [0.2, 0.25) is 0 Å². The first kappa shape index (κ1) is 17.1. The molecular formula is C24H19BrN2O. The largest absolute Gasteiger partial charge is 0.489 e. The van der Waals surface area contributed by atoms with E-state index in [1.54, 1.807) is 0 Å². The Bertz CT molecular complexity index is 1080. The molecule has 0 spiro atoms. The summed E-state index contributed by atoms with van der Waals surface area (Å²) in [5, 5.41) is 9.69. The van der Waals surface area contributed by atoms with Crippen molar-refractivity contribution in [3.8, 4) is 5.75 Å². The van der Waals surface area contributed by atoms with Crippen LogP contribution in [-0.2, 0) is 6.61 Å². The Morgan fingerprint density at radius 2 is 1.39 bits per heavy atom. The number of nitrogens with one attached hydrogen (secondary N) is 2. The molecule has 4 aromatic carbocycles. The molecule has 28 heavy (non-hydrogen) atoms. The van der Waals surface area contributed by atoms with E-state index in [9.17, 15) is 0 Å². The van der Waals surface area contributed by atoms with E-state index in [0.29, 0.717) is 6.61 Å². The highest BCUT2D eigenvalue weighted by molar-refractivity contribution is 9.10. The fourth-order valence-corrected chi connectivity index (χ4v) is 3.86. The highest BCUT2D eigenvalue weighted by atomic mass is 79.9. The molecule has 1 heterocycles. The Morgan fingerprint density at radius 1 is 0.750 bits per heavy atom. The lowest BCUT2D eigenvalue weighted by Crippen LogP contribution is -2.23. The van der Waals surface area contributed by atoms with Gasteiger partial charge in [-0.05, 0) is 52.9 Å². The van der Waals surface area contributed by atoms with Crippen molar-refractivity contribution in [3.05, 3.63) is 101 Å². The standard InChI is InChI=1S/C24H19BrN2O/c25-19-11-7-16(8-12-19)15-28-20-13-9-18(10-14-20)24-26-21-5-1-3-17-4-2-6-22(27-24)23(17)21/h1-14,24,26-27H,15H2. The van der Waals surface area contributed by atoms with Gasteiger partial charge in [0, 0.05) is 21.2 Å². The second kappa shape index (κ2) is 7.21. The topological polar surface area (TPSA) is 33.3 Å². The molecule has 4 aromatic rings. The van der Waals surface area contributed by atoms with Crippen molar-refractivity contribution in [3.63, 3.8) is 0 Å². The molecule has 0 bridgehead atoms. The molecule has 2 N–H and O–H groups in total. The van der Waals surface area contributed by atoms with Crippen LogP contribution < -0.4 is 15.4 Å². The molecule has 3 nitrogen and oxygen atoms in total. The van der Waals surface area contributed by atoms with E-state index in [2.05, 4.69) is 87.2 Å². The van der Waals surface area contributed by atoms with Gasteiger partial charge in [0.25, 0.3) is 0 Å². The Kier molecular flexibility index (Phi) is 4.41. The highest BCUT2D eigenvalue weighted by Gasteiger charge is 2.19. The minimum atomic E-state index is 0.0287. The van der Waals surface area contributed by atoms with Crippen LogP contribution in [0, 0.1) is 0 Å². The summed E-state index contributed by atoms with van der Waals surface area (Å²) in [4.78, 5) is 0. The lowest BCUT2D eigenvalue weighted by atomic mass is 10.0. The van der Waals surface area contributed by atoms with Crippen LogP contribution in [0.25, 0.3) is 10.8 Å². The number of benzene rings is 4. The van der Waals surface area contributed by atoms with Crippen molar-refractivity contribution in [2.45, 2.75) is 12.8 Å². The number of rotatable bonds is 4. The van der Waals surface area contributed by atoms with E-state index in [1.165, 1.54) is 16.3 Å². The summed E-state index contributed by atoms with van der Waals surface area (Å²) in [5.74, 6) is 0.866. The molecule has 4 heteroatoms. The molecule has 1 aliphatic heterocycles. The van der Waals surface area contributed by atoms with Crippen molar-refractivity contribution in [2.75, 3.05) is 10.6 Å². The summed E-state index contributed by atoms with van der Waals surface area (Å²) >= 11 is 3.45. The molecule has 0 fully saturated rings. The summed E-state index contributed by atoms with van der Waals surface area (Å²) in [5.41, 5.74) is 4.63. The van der Waals surface area contributed by atoms with Crippen molar-refractivity contribution in [1.82, 2.24) is 0 Å². The van der Waals surface area contributed by atoms with Crippen LogP contribution in [0.3, 0.4) is 0 Å². The van der Waals surface area contributed by atoms with Crippen molar-refractivity contribution < 1.29 is 4.74 Å². The summed E-state index contributed by atoms with van der Waals surface area (Å²) in [6, 6.07) is 29.2. The lowest BCUT2D eigenvalue weighted by molar-refractivity contribution is 0.306. The monoisotopic (exact) mass is 430 g/mol. The van der Waals surface area contributed by atoms with E-state index in [4.69, 9.17) is 4.74 Å². The minimum Gasteiger partial charge on any atom is -0.489 e. The molecule has 0 aromatic heterocycles. The van der Waals surface area contributed by atoms with E-state index in [-0.39, 0.29) is 6.17 Å². The average Bonchev–Trinajstić information content (AvgIpc) is 2.74. The van der Waals surface area contributed by atoms with Gasteiger partial charge in [0.15, 0.2) is 0 Å². The second-order valence-corrected chi connectivity index (χ2v) is 7.83. The molecular weight excluding hydrogens is 412 g/mol. The predicted molar refractivity (Wildman–Crippen MR) is 119 cm³/mol. The molecule has 1 aliphatic rings. The second-order valence-electron chi connectivity index (χ2n) is 6.92. The summed E-state index contributed by atoms with van der Waals surface area (Å²) < 4.78 is 7.00. The maximum Gasteiger partial charge on any atom is 0.123 e. The summed E-state index contributed by atoms with van der Waals surface area (Å²) in [6.07, 6.45) is 0.0287. The zero-order valence-corrected chi connectivity index (χ0v) is 16.7. The fourth-order valence-electron chi connectivity index (χ4n) is 3.60. The van der Waals surface area contributed by atoms with Crippen molar-refractivity contribution >= 4 is 38.1 Å². The number of ether oxygens (including phenoxy) is 1. The number of hydrogen-bond acceptors (Lipinski definition) is 3. The van der Waals surface area contributed by atoms with Crippen LogP contribution in [0.15, 0.2) is 89.4 Å². The van der Waals surface area contributed by atoms with Crippen LogP contribution in [0.5, 0.6) is 5.75 Å². The van der Waals surface area contributed by atoms with Crippen molar-refractivity contribution in [1.29, 1.82) is 0 Å². The quantitative estimate of drug-likeness (QED) is 0.377. The molecule has 0 saturated carbocycles. The molecule has 5 rings (SSSR count). The van der Waals surface area contributed by atoms with Crippen LogP contribution in [-0.4, -0.2) is 0 Å². The average molecular weight is 431 g/mol. The lowest BCUT2D eigenvalue weighted by Gasteiger charge is -2.29. The Balaban J connectivity index is 1.32. The van der Waals surface area contributed by atoms with Gasteiger partial charge >= 0.3 is 0 Å². The number of halogens is 1. The van der Waals surface area contributed by atoms with Gasteiger partial charge in [-0.15, -0.1) is 0 Å². The van der Waals surface area contributed by atoms with Gasteiger partial charge in [-0.3, -0.25) is 0 Å². The van der Waals surface area contributed by atoms with E-state index in [0.717, 1.165) is 27.2 Å².